The highest BCUT2D eigenvalue weighted by atomic mass is 16.1. The molecule has 0 radical (unpaired) electrons. The van der Waals surface area contributed by atoms with Crippen molar-refractivity contribution in [2.75, 3.05) is 14.1 Å². The van der Waals surface area contributed by atoms with Gasteiger partial charge in [0.15, 0.2) is 0 Å². The average Bonchev–Trinajstić information content (AvgIpc) is 2.72. The molecule has 1 aliphatic rings. The number of nitrogens with zero attached hydrogens (tertiary/aromatic N) is 1. The Balaban J connectivity index is 2.14. The number of carbonyl (C=O) groups is 1. The summed E-state index contributed by atoms with van der Waals surface area (Å²) >= 11 is 0. The van der Waals surface area contributed by atoms with Gasteiger partial charge in [-0.3, -0.25) is 4.79 Å². The molecule has 3 rings (SSSR count). The number of aromatic nitrogens is 1. The first-order valence-electron chi connectivity index (χ1n) is 6.18. The zero-order chi connectivity index (χ0) is 12.7. The molecule has 0 saturated carbocycles. The van der Waals surface area contributed by atoms with Gasteiger partial charge in [-0.25, -0.2) is 0 Å². The molecular weight excluding hydrogens is 224 g/mol. The van der Waals surface area contributed by atoms with E-state index >= 15 is 0 Å². The Kier molecular flexibility index (Phi) is 2.47. The molecule has 0 amide bonds. The van der Waals surface area contributed by atoms with Crippen LogP contribution in [-0.2, 0) is 6.42 Å². The van der Waals surface area contributed by atoms with Crippen LogP contribution in [0.5, 0.6) is 0 Å². The second-order valence-electron chi connectivity index (χ2n) is 4.97. The van der Waals surface area contributed by atoms with Crippen molar-refractivity contribution in [3.63, 3.8) is 0 Å². The molecule has 3 heteroatoms. The minimum atomic E-state index is 0.140. The van der Waals surface area contributed by atoms with Crippen LogP contribution in [0.25, 0.3) is 10.9 Å². The third kappa shape index (κ3) is 1.63. The number of allylic oxidation sites excluding steroid dienone is 1. The summed E-state index contributed by atoms with van der Waals surface area (Å²) in [4.78, 5) is 17.6. The van der Waals surface area contributed by atoms with Crippen molar-refractivity contribution < 1.29 is 4.79 Å². The summed E-state index contributed by atoms with van der Waals surface area (Å²) in [7, 11) is 3.89. The van der Waals surface area contributed by atoms with E-state index in [1.165, 1.54) is 10.9 Å². The number of Topliss-reactive ketones (excluding diaryl/α,β-unsaturated/α-hetero) is 1. The van der Waals surface area contributed by atoms with E-state index in [0.717, 1.165) is 29.6 Å². The van der Waals surface area contributed by atoms with Gasteiger partial charge in [0.1, 0.15) is 0 Å². The van der Waals surface area contributed by atoms with Crippen molar-refractivity contribution in [3.05, 3.63) is 47.3 Å². The summed E-state index contributed by atoms with van der Waals surface area (Å²) < 4.78 is 0. The van der Waals surface area contributed by atoms with Gasteiger partial charge in [-0.1, -0.05) is 18.2 Å². The Hall–Kier alpha value is -2.03. The van der Waals surface area contributed by atoms with Crippen LogP contribution in [0.4, 0.5) is 0 Å². The van der Waals surface area contributed by atoms with E-state index in [1.807, 2.05) is 43.4 Å². The van der Waals surface area contributed by atoms with Crippen molar-refractivity contribution in [2.24, 2.45) is 0 Å². The van der Waals surface area contributed by atoms with Gasteiger partial charge in [0.05, 0.1) is 5.69 Å². The number of aromatic amines is 1. The predicted octanol–water partition coefficient (Wildman–Crippen LogP) is 2.74. The van der Waals surface area contributed by atoms with E-state index in [9.17, 15) is 4.79 Å². The number of H-pyrrole nitrogens is 1. The predicted molar refractivity (Wildman–Crippen MR) is 72.7 cm³/mol. The summed E-state index contributed by atoms with van der Waals surface area (Å²) in [5.74, 6) is 0.140. The van der Waals surface area contributed by atoms with E-state index in [2.05, 4.69) is 11.1 Å². The lowest BCUT2D eigenvalue weighted by atomic mass is 9.91. The van der Waals surface area contributed by atoms with Gasteiger partial charge in [0.2, 0.25) is 5.78 Å². The second-order valence-corrected chi connectivity index (χ2v) is 4.97. The smallest absolute Gasteiger partial charge is 0.206 e. The van der Waals surface area contributed by atoms with Gasteiger partial charge in [0.25, 0.3) is 0 Å². The van der Waals surface area contributed by atoms with Gasteiger partial charge in [0, 0.05) is 36.8 Å². The molecule has 0 saturated heterocycles. The number of para-hydroxylation sites is 1. The Morgan fingerprint density at radius 2 is 2.00 bits per heavy atom. The highest BCUT2D eigenvalue weighted by Gasteiger charge is 2.25. The minimum Gasteiger partial charge on any atom is -0.383 e. The number of aryl methyl sites for hydroxylation is 1. The maximum absolute atomic E-state index is 12.4. The quantitative estimate of drug-likeness (QED) is 0.778. The third-order valence-corrected chi connectivity index (χ3v) is 3.39. The van der Waals surface area contributed by atoms with Crippen LogP contribution in [0.15, 0.2) is 36.0 Å². The molecular formula is C15H16N2O. The summed E-state index contributed by atoms with van der Waals surface area (Å²) in [5.41, 5.74) is 3.89. The Labute approximate surface area is 106 Å². The van der Waals surface area contributed by atoms with Crippen molar-refractivity contribution in [1.82, 2.24) is 9.88 Å². The van der Waals surface area contributed by atoms with Gasteiger partial charge in [-0.2, -0.15) is 0 Å². The van der Waals surface area contributed by atoms with Crippen LogP contribution in [0.3, 0.4) is 0 Å². The first kappa shape index (κ1) is 11.1. The lowest BCUT2D eigenvalue weighted by Crippen LogP contribution is -2.16. The highest BCUT2D eigenvalue weighted by molar-refractivity contribution is 6.12. The second kappa shape index (κ2) is 4.02. The zero-order valence-electron chi connectivity index (χ0n) is 10.7. The highest BCUT2D eigenvalue weighted by Crippen LogP contribution is 2.31. The molecule has 0 spiro atoms. The molecule has 18 heavy (non-hydrogen) atoms. The third-order valence-electron chi connectivity index (χ3n) is 3.39. The number of ketones is 1. The van der Waals surface area contributed by atoms with Gasteiger partial charge < -0.3 is 9.88 Å². The summed E-state index contributed by atoms with van der Waals surface area (Å²) in [6, 6.07) is 8.12. The fourth-order valence-corrected chi connectivity index (χ4v) is 2.62. The molecule has 1 N–H and O–H groups in total. The lowest BCUT2D eigenvalue weighted by molar-refractivity contribution is 0.102. The number of carbonyl (C=O) groups excluding carboxylic acids is 1. The molecule has 0 bridgehead atoms. The van der Waals surface area contributed by atoms with Crippen molar-refractivity contribution in [1.29, 1.82) is 0 Å². The molecule has 1 aromatic heterocycles. The van der Waals surface area contributed by atoms with E-state index in [1.54, 1.807) is 0 Å². The van der Waals surface area contributed by atoms with E-state index in [-0.39, 0.29) is 5.78 Å². The monoisotopic (exact) mass is 240 g/mol. The van der Waals surface area contributed by atoms with Crippen LogP contribution in [-0.4, -0.2) is 29.8 Å². The van der Waals surface area contributed by atoms with Crippen LogP contribution in [0.2, 0.25) is 0 Å². The molecule has 0 unspecified atom stereocenters. The number of hydrogen-bond donors (Lipinski definition) is 1. The standard InChI is InChI=1S/C15H16N2O/c1-17(2)9-10-7-8-12-11-5-3-4-6-13(11)16-14(12)15(10)18/h3-6,9,16H,7-8H2,1-2H3/b10-9+. The average molecular weight is 240 g/mol. The number of fused-ring (bicyclic) bond motifs is 3. The molecule has 1 aliphatic carbocycles. The molecule has 2 aromatic rings. The van der Waals surface area contributed by atoms with Gasteiger partial charge in [-0.05, 0) is 24.5 Å². The maximum Gasteiger partial charge on any atom is 0.206 e. The minimum absolute atomic E-state index is 0.140. The van der Waals surface area contributed by atoms with Crippen molar-refractivity contribution in [3.8, 4) is 0 Å². The van der Waals surface area contributed by atoms with E-state index < -0.39 is 0 Å². The van der Waals surface area contributed by atoms with Crippen molar-refractivity contribution in [2.45, 2.75) is 12.8 Å². The zero-order valence-corrected chi connectivity index (χ0v) is 10.7. The molecule has 0 atom stereocenters. The molecule has 0 aliphatic heterocycles. The topological polar surface area (TPSA) is 36.1 Å². The van der Waals surface area contributed by atoms with Crippen LogP contribution in [0, 0.1) is 0 Å². The fourth-order valence-electron chi connectivity index (χ4n) is 2.62. The van der Waals surface area contributed by atoms with Crippen LogP contribution in [0.1, 0.15) is 22.5 Å². The van der Waals surface area contributed by atoms with Crippen LogP contribution < -0.4 is 0 Å². The first-order chi connectivity index (χ1) is 8.66. The number of benzene rings is 1. The number of hydrogen-bond acceptors (Lipinski definition) is 2. The SMILES string of the molecule is CN(C)/C=C1\CCc2c([nH]c3ccccc23)C1=O. The van der Waals surface area contributed by atoms with Gasteiger partial charge >= 0.3 is 0 Å². The first-order valence-corrected chi connectivity index (χ1v) is 6.18. The Morgan fingerprint density at radius 3 is 2.78 bits per heavy atom. The molecule has 0 fully saturated rings. The Bertz CT molecular complexity index is 650. The van der Waals surface area contributed by atoms with Gasteiger partial charge in [-0.15, -0.1) is 0 Å². The molecule has 1 aromatic carbocycles. The fraction of sp³-hybridized carbons (Fsp3) is 0.267. The number of rotatable bonds is 1. The van der Waals surface area contributed by atoms with Crippen LogP contribution >= 0.6 is 0 Å². The van der Waals surface area contributed by atoms with E-state index in [0.29, 0.717) is 0 Å². The normalized spacial score (nSPS) is 17.2. The molecule has 1 heterocycles. The Morgan fingerprint density at radius 1 is 1.22 bits per heavy atom. The van der Waals surface area contributed by atoms with E-state index in [4.69, 9.17) is 0 Å². The largest absolute Gasteiger partial charge is 0.383 e. The summed E-state index contributed by atoms with van der Waals surface area (Å²) in [5, 5.41) is 1.18. The number of nitrogens with one attached hydrogen (secondary N) is 1. The van der Waals surface area contributed by atoms with Crippen molar-refractivity contribution >= 4 is 16.7 Å². The lowest BCUT2D eigenvalue weighted by Gasteiger charge is -2.16. The maximum atomic E-state index is 12.4. The summed E-state index contributed by atoms with van der Waals surface area (Å²) in [6.45, 7) is 0. The summed E-state index contributed by atoms with van der Waals surface area (Å²) in [6.07, 6.45) is 3.69. The molecule has 92 valence electrons. The molecule has 3 nitrogen and oxygen atoms in total.